The largest absolute Gasteiger partial charge is 0.493 e. The first-order valence-corrected chi connectivity index (χ1v) is 7.11. The topological polar surface area (TPSA) is 37.8 Å². The number of anilines is 2. The lowest BCUT2D eigenvalue weighted by Gasteiger charge is -2.30. The van der Waals surface area contributed by atoms with E-state index in [4.69, 9.17) is 9.47 Å². The molecule has 0 saturated carbocycles. The molecule has 0 N–H and O–H groups in total. The molecule has 3 rings (SSSR count). The molecule has 0 spiro atoms. The fourth-order valence-electron chi connectivity index (χ4n) is 2.62. The summed E-state index contributed by atoms with van der Waals surface area (Å²) in [4.78, 5) is 8.53. The maximum absolute atomic E-state index is 5.38. The second-order valence-electron chi connectivity index (χ2n) is 5.00. The monoisotopic (exact) mass is 297 g/mol. The van der Waals surface area contributed by atoms with Gasteiger partial charge in [0.1, 0.15) is 6.17 Å². The van der Waals surface area contributed by atoms with Crippen LogP contribution in [0.15, 0.2) is 55.1 Å². The summed E-state index contributed by atoms with van der Waals surface area (Å²) in [5.41, 5.74) is 2.11. The average Bonchev–Trinajstić information content (AvgIpc) is 2.96. The van der Waals surface area contributed by atoms with E-state index in [1.165, 1.54) is 0 Å². The van der Waals surface area contributed by atoms with Crippen molar-refractivity contribution in [3.05, 3.63) is 55.1 Å². The number of aromatic nitrogens is 1. The molecule has 1 unspecified atom stereocenters. The second-order valence-corrected chi connectivity index (χ2v) is 5.00. The zero-order valence-corrected chi connectivity index (χ0v) is 12.9. The van der Waals surface area contributed by atoms with Gasteiger partial charge in [0.2, 0.25) is 0 Å². The van der Waals surface area contributed by atoms with Crippen LogP contribution >= 0.6 is 0 Å². The van der Waals surface area contributed by atoms with Gasteiger partial charge in [0.05, 0.1) is 26.1 Å². The summed E-state index contributed by atoms with van der Waals surface area (Å²) in [5, 5.41) is 0. The van der Waals surface area contributed by atoms with Gasteiger partial charge in [-0.2, -0.15) is 0 Å². The van der Waals surface area contributed by atoms with Crippen LogP contribution in [0.25, 0.3) is 0 Å². The van der Waals surface area contributed by atoms with Crippen molar-refractivity contribution in [3.8, 4) is 11.5 Å². The van der Waals surface area contributed by atoms with Gasteiger partial charge in [-0.15, -0.1) is 0 Å². The van der Waals surface area contributed by atoms with Crippen molar-refractivity contribution >= 4 is 11.4 Å². The molecule has 2 heterocycles. The number of pyridine rings is 1. The number of ether oxygens (including phenoxy) is 2. The highest BCUT2D eigenvalue weighted by Gasteiger charge is 2.25. The minimum atomic E-state index is 0.155. The lowest BCUT2D eigenvalue weighted by molar-refractivity contribution is 0.355. The standard InChI is InChI=1S/C17H19N3O2/c1-13-19(9-10-20(13)15-5-4-8-18-12-15)14-6-7-16(21-2)17(11-14)22-3/h4-13H,1-3H3. The molecule has 0 fully saturated rings. The van der Waals surface area contributed by atoms with E-state index >= 15 is 0 Å². The van der Waals surface area contributed by atoms with Crippen molar-refractivity contribution in [2.75, 3.05) is 24.0 Å². The lowest BCUT2D eigenvalue weighted by atomic mass is 10.2. The van der Waals surface area contributed by atoms with Gasteiger partial charge in [-0.05, 0) is 31.2 Å². The third-order valence-corrected chi connectivity index (χ3v) is 3.80. The van der Waals surface area contributed by atoms with Gasteiger partial charge in [-0.25, -0.2) is 0 Å². The predicted octanol–water partition coefficient (Wildman–Crippen LogP) is 3.24. The Morgan fingerprint density at radius 1 is 0.955 bits per heavy atom. The summed E-state index contributed by atoms with van der Waals surface area (Å²) in [6.07, 6.45) is 7.90. The minimum absolute atomic E-state index is 0.155. The van der Waals surface area contributed by atoms with Gasteiger partial charge in [0.15, 0.2) is 11.5 Å². The molecule has 0 radical (unpaired) electrons. The van der Waals surface area contributed by atoms with Crippen molar-refractivity contribution in [2.45, 2.75) is 13.1 Å². The molecule has 5 nitrogen and oxygen atoms in total. The third-order valence-electron chi connectivity index (χ3n) is 3.80. The number of methoxy groups -OCH3 is 2. The van der Waals surface area contributed by atoms with Crippen LogP contribution in [0.3, 0.4) is 0 Å². The number of hydrogen-bond acceptors (Lipinski definition) is 5. The van der Waals surface area contributed by atoms with E-state index in [0.29, 0.717) is 0 Å². The summed E-state index contributed by atoms with van der Waals surface area (Å²) >= 11 is 0. The van der Waals surface area contributed by atoms with Crippen molar-refractivity contribution in [1.82, 2.24) is 4.98 Å². The molecule has 1 aromatic heterocycles. The van der Waals surface area contributed by atoms with Crippen molar-refractivity contribution in [1.29, 1.82) is 0 Å². The molecule has 5 heteroatoms. The van der Waals surface area contributed by atoms with Crippen molar-refractivity contribution in [2.24, 2.45) is 0 Å². The average molecular weight is 297 g/mol. The normalized spacial score (nSPS) is 17.0. The summed E-state index contributed by atoms with van der Waals surface area (Å²) in [6, 6.07) is 9.91. The van der Waals surface area contributed by atoms with Crippen LogP contribution in [0.4, 0.5) is 11.4 Å². The molecule has 0 amide bonds. The van der Waals surface area contributed by atoms with Crippen LogP contribution in [0.2, 0.25) is 0 Å². The van der Waals surface area contributed by atoms with Crippen molar-refractivity contribution < 1.29 is 9.47 Å². The van der Waals surface area contributed by atoms with Crippen LogP contribution in [0.5, 0.6) is 11.5 Å². The zero-order chi connectivity index (χ0) is 15.5. The van der Waals surface area contributed by atoms with Gasteiger partial charge in [-0.3, -0.25) is 4.98 Å². The van der Waals surface area contributed by atoms with Crippen LogP contribution < -0.4 is 19.3 Å². The van der Waals surface area contributed by atoms with Crippen LogP contribution in [0.1, 0.15) is 6.92 Å². The molecule has 22 heavy (non-hydrogen) atoms. The van der Waals surface area contributed by atoms with E-state index in [9.17, 15) is 0 Å². The van der Waals surface area contributed by atoms with E-state index < -0.39 is 0 Å². The van der Waals surface area contributed by atoms with Crippen LogP contribution in [-0.4, -0.2) is 25.4 Å². The summed E-state index contributed by atoms with van der Waals surface area (Å²) in [5.74, 6) is 1.45. The summed E-state index contributed by atoms with van der Waals surface area (Å²) in [7, 11) is 3.28. The summed E-state index contributed by atoms with van der Waals surface area (Å²) in [6.45, 7) is 2.14. The molecule has 1 aliphatic rings. The molecule has 114 valence electrons. The van der Waals surface area contributed by atoms with Gasteiger partial charge >= 0.3 is 0 Å². The Kier molecular flexibility index (Phi) is 3.87. The molecule has 1 atom stereocenters. The van der Waals surface area contributed by atoms with Crippen molar-refractivity contribution in [3.63, 3.8) is 0 Å². The SMILES string of the molecule is COc1ccc(N2C=CN(c3cccnc3)C2C)cc1OC. The molecule has 0 aliphatic carbocycles. The van der Waals surface area contributed by atoms with E-state index in [-0.39, 0.29) is 6.17 Å². The van der Waals surface area contributed by atoms with Gasteiger partial charge < -0.3 is 19.3 Å². The Bertz CT molecular complexity index is 673. The number of hydrogen-bond donors (Lipinski definition) is 0. The molecular formula is C17H19N3O2. The molecule has 2 aromatic rings. The van der Waals surface area contributed by atoms with Crippen LogP contribution in [-0.2, 0) is 0 Å². The highest BCUT2D eigenvalue weighted by atomic mass is 16.5. The van der Waals surface area contributed by atoms with E-state index in [0.717, 1.165) is 22.9 Å². The van der Waals surface area contributed by atoms with Gasteiger partial charge in [0, 0.05) is 30.4 Å². The fraction of sp³-hybridized carbons (Fsp3) is 0.235. The quantitative estimate of drug-likeness (QED) is 0.866. The first-order chi connectivity index (χ1) is 10.7. The molecule has 1 aromatic carbocycles. The summed E-state index contributed by atoms with van der Waals surface area (Å²) < 4.78 is 10.7. The zero-order valence-electron chi connectivity index (χ0n) is 12.9. The highest BCUT2D eigenvalue weighted by molar-refractivity contribution is 5.63. The molecular weight excluding hydrogens is 278 g/mol. The van der Waals surface area contributed by atoms with E-state index in [1.54, 1.807) is 20.4 Å². The first-order valence-electron chi connectivity index (χ1n) is 7.11. The lowest BCUT2D eigenvalue weighted by Crippen LogP contribution is -2.35. The smallest absolute Gasteiger partial charge is 0.162 e. The highest BCUT2D eigenvalue weighted by Crippen LogP contribution is 2.35. The van der Waals surface area contributed by atoms with Crippen LogP contribution in [0, 0.1) is 0 Å². The minimum Gasteiger partial charge on any atom is -0.493 e. The Labute approximate surface area is 130 Å². The maximum Gasteiger partial charge on any atom is 0.162 e. The Hall–Kier alpha value is -2.69. The Morgan fingerprint density at radius 2 is 1.68 bits per heavy atom. The van der Waals surface area contributed by atoms with E-state index in [2.05, 4.69) is 34.1 Å². The number of nitrogens with zero attached hydrogens (tertiary/aromatic N) is 3. The third kappa shape index (κ3) is 2.45. The Balaban J connectivity index is 1.87. The van der Waals surface area contributed by atoms with Gasteiger partial charge in [0.25, 0.3) is 0 Å². The fourth-order valence-corrected chi connectivity index (χ4v) is 2.62. The molecule has 0 bridgehead atoms. The maximum atomic E-state index is 5.38. The number of rotatable bonds is 4. The van der Waals surface area contributed by atoms with E-state index in [1.807, 2.05) is 36.5 Å². The van der Waals surface area contributed by atoms with Gasteiger partial charge in [-0.1, -0.05) is 0 Å². The molecule has 0 saturated heterocycles. The predicted molar refractivity (Wildman–Crippen MR) is 87.3 cm³/mol. The molecule has 1 aliphatic heterocycles. The first kappa shape index (κ1) is 14.3. The second kappa shape index (κ2) is 5.97. The number of benzene rings is 1. The Morgan fingerprint density at radius 3 is 2.32 bits per heavy atom.